The Morgan fingerprint density at radius 1 is 1.45 bits per heavy atom. The van der Waals surface area contributed by atoms with Gasteiger partial charge in [0.1, 0.15) is 11.9 Å². The summed E-state index contributed by atoms with van der Waals surface area (Å²) in [6, 6.07) is 6.31. The van der Waals surface area contributed by atoms with Gasteiger partial charge in [-0.15, -0.1) is 0 Å². The van der Waals surface area contributed by atoms with Crippen molar-refractivity contribution >= 4 is 39.5 Å². The van der Waals surface area contributed by atoms with Gasteiger partial charge < -0.3 is 10.6 Å². The van der Waals surface area contributed by atoms with Gasteiger partial charge in [-0.2, -0.15) is 0 Å². The third-order valence-electron chi connectivity index (χ3n) is 3.88. The lowest BCUT2D eigenvalue weighted by Crippen LogP contribution is -2.42. The molecule has 1 saturated heterocycles. The van der Waals surface area contributed by atoms with Crippen LogP contribution in [0.1, 0.15) is 6.42 Å². The number of hydrogen-bond donors (Lipinski definition) is 2. The van der Waals surface area contributed by atoms with Gasteiger partial charge in [0.15, 0.2) is 0 Å². The number of fused-ring (bicyclic) bond motifs is 1. The molecule has 0 aliphatic carbocycles. The summed E-state index contributed by atoms with van der Waals surface area (Å²) in [5.41, 5.74) is 6.32. The SMILES string of the molecule is CN1CCC(N(c2ccc3c(N)nccc3c2)S(=O)O)C1=O. The number of amides is 1. The van der Waals surface area contributed by atoms with Gasteiger partial charge in [0.25, 0.3) is 11.3 Å². The third kappa shape index (κ3) is 2.40. The highest BCUT2D eigenvalue weighted by atomic mass is 32.2. The largest absolute Gasteiger partial charge is 0.383 e. The minimum absolute atomic E-state index is 0.156. The van der Waals surface area contributed by atoms with E-state index in [1.54, 1.807) is 42.4 Å². The first kappa shape index (κ1) is 14.7. The molecule has 116 valence electrons. The molecule has 0 saturated carbocycles. The maximum Gasteiger partial charge on any atom is 0.262 e. The molecule has 1 aromatic carbocycles. The van der Waals surface area contributed by atoms with E-state index in [2.05, 4.69) is 4.98 Å². The molecular weight excluding hydrogens is 304 g/mol. The van der Waals surface area contributed by atoms with E-state index in [0.717, 1.165) is 10.8 Å². The van der Waals surface area contributed by atoms with Crippen LogP contribution in [0.2, 0.25) is 0 Å². The predicted molar refractivity (Wildman–Crippen MR) is 85.4 cm³/mol. The second-order valence-corrected chi connectivity index (χ2v) is 6.08. The Kier molecular flexibility index (Phi) is 3.71. The number of nitrogen functional groups attached to an aromatic ring is 1. The molecule has 3 rings (SSSR count). The molecule has 7 nitrogen and oxygen atoms in total. The van der Waals surface area contributed by atoms with E-state index < -0.39 is 17.3 Å². The van der Waals surface area contributed by atoms with Crippen LogP contribution in [0, 0.1) is 0 Å². The molecule has 2 aromatic rings. The smallest absolute Gasteiger partial charge is 0.262 e. The van der Waals surface area contributed by atoms with Crippen LogP contribution in [0.25, 0.3) is 10.8 Å². The van der Waals surface area contributed by atoms with E-state index >= 15 is 0 Å². The highest BCUT2D eigenvalue weighted by Crippen LogP contribution is 2.29. The molecule has 2 unspecified atom stereocenters. The summed E-state index contributed by atoms with van der Waals surface area (Å²) in [5.74, 6) is 0.245. The first-order chi connectivity index (χ1) is 10.5. The van der Waals surface area contributed by atoms with E-state index in [4.69, 9.17) is 5.73 Å². The Balaban J connectivity index is 2.06. The summed E-state index contributed by atoms with van der Waals surface area (Å²) in [5, 5.41) is 1.57. The molecule has 1 fully saturated rings. The summed E-state index contributed by atoms with van der Waals surface area (Å²) in [6.45, 7) is 0.571. The average Bonchev–Trinajstić information content (AvgIpc) is 2.80. The van der Waals surface area contributed by atoms with Crippen LogP contribution >= 0.6 is 0 Å². The van der Waals surface area contributed by atoms with Gasteiger partial charge in [-0.05, 0) is 36.1 Å². The van der Waals surface area contributed by atoms with Crippen LogP contribution in [0.15, 0.2) is 30.5 Å². The Morgan fingerprint density at radius 3 is 2.86 bits per heavy atom. The molecule has 0 bridgehead atoms. The number of benzene rings is 1. The Hall–Kier alpha value is -2.19. The molecule has 1 amide bonds. The lowest BCUT2D eigenvalue weighted by molar-refractivity contribution is -0.127. The highest BCUT2D eigenvalue weighted by Gasteiger charge is 2.37. The quantitative estimate of drug-likeness (QED) is 0.822. The lowest BCUT2D eigenvalue weighted by atomic mass is 10.1. The number of pyridine rings is 1. The molecule has 1 aromatic heterocycles. The zero-order valence-electron chi connectivity index (χ0n) is 12.0. The van der Waals surface area contributed by atoms with E-state index in [1.807, 2.05) is 0 Å². The first-order valence-corrected chi connectivity index (χ1v) is 7.85. The number of anilines is 2. The summed E-state index contributed by atoms with van der Waals surface area (Å²) in [4.78, 5) is 17.7. The van der Waals surface area contributed by atoms with E-state index in [9.17, 15) is 13.6 Å². The molecule has 3 N–H and O–H groups in total. The Morgan fingerprint density at radius 2 is 2.23 bits per heavy atom. The van der Waals surface area contributed by atoms with Crippen molar-refractivity contribution in [2.75, 3.05) is 23.6 Å². The number of likely N-dealkylation sites (tertiary alicyclic amines) is 1. The minimum Gasteiger partial charge on any atom is -0.383 e. The summed E-state index contributed by atoms with van der Waals surface area (Å²) in [6.07, 6.45) is 2.09. The fourth-order valence-corrected chi connectivity index (χ4v) is 3.43. The van der Waals surface area contributed by atoms with Crippen LogP contribution in [0.3, 0.4) is 0 Å². The lowest BCUT2D eigenvalue weighted by Gasteiger charge is -2.25. The normalized spacial score (nSPS) is 19.6. The van der Waals surface area contributed by atoms with Crippen molar-refractivity contribution in [2.24, 2.45) is 0 Å². The second-order valence-electron chi connectivity index (χ2n) is 5.22. The van der Waals surface area contributed by atoms with Crippen LogP contribution in [0.5, 0.6) is 0 Å². The molecule has 22 heavy (non-hydrogen) atoms. The van der Waals surface area contributed by atoms with Crippen molar-refractivity contribution in [1.82, 2.24) is 9.88 Å². The Labute approximate surface area is 130 Å². The van der Waals surface area contributed by atoms with Gasteiger partial charge in [0.2, 0.25) is 5.91 Å². The Bertz CT molecular complexity index is 767. The number of aromatic nitrogens is 1. The monoisotopic (exact) mass is 320 g/mol. The second kappa shape index (κ2) is 5.54. The number of carbonyl (C=O) groups is 1. The maximum atomic E-state index is 12.2. The maximum absolute atomic E-state index is 12.2. The number of nitrogens with zero attached hydrogens (tertiary/aromatic N) is 3. The average molecular weight is 320 g/mol. The van der Waals surface area contributed by atoms with E-state index in [-0.39, 0.29) is 5.91 Å². The number of likely N-dealkylation sites (N-methyl/N-ethyl adjacent to an activating group) is 1. The fourth-order valence-electron chi connectivity index (χ4n) is 2.73. The zero-order valence-corrected chi connectivity index (χ0v) is 12.8. The number of carbonyl (C=O) groups excluding carboxylic acids is 1. The number of rotatable bonds is 3. The minimum atomic E-state index is -2.29. The van der Waals surface area contributed by atoms with Crippen molar-refractivity contribution < 1.29 is 13.6 Å². The fraction of sp³-hybridized carbons (Fsp3) is 0.286. The van der Waals surface area contributed by atoms with Gasteiger partial charge in [-0.3, -0.25) is 13.7 Å². The van der Waals surface area contributed by atoms with Crippen molar-refractivity contribution in [2.45, 2.75) is 12.5 Å². The molecule has 2 atom stereocenters. The van der Waals surface area contributed by atoms with E-state index in [1.165, 1.54) is 4.31 Å². The van der Waals surface area contributed by atoms with Crippen molar-refractivity contribution in [3.63, 3.8) is 0 Å². The van der Waals surface area contributed by atoms with Crippen molar-refractivity contribution in [3.8, 4) is 0 Å². The van der Waals surface area contributed by atoms with Crippen LogP contribution in [-0.4, -0.2) is 44.2 Å². The van der Waals surface area contributed by atoms with Gasteiger partial charge >= 0.3 is 0 Å². The third-order valence-corrected chi connectivity index (χ3v) is 4.69. The van der Waals surface area contributed by atoms with E-state index in [0.29, 0.717) is 24.5 Å². The van der Waals surface area contributed by atoms with Gasteiger partial charge in [0, 0.05) is 25.2 Å². The van der Waals surface area contributed by atoms with Crippen molar-refractivity contribution in [3.05, 3.63) is 30.5 Å². The predicted octanol–water partition coefficient (Wildman–Crippen LogP) is 0.991. The topological polar surface area (TPSA) is 99.8 Å². The van der Waals surface area contributed by atoms with Crippen LogP contribution in [0.4, 0.5) is 11.5 Å². The van der Waals surface area contributed by atoms with Crippen molar-refractivity contribution in [1.29, 1.82) is 0 Å². The molecule has 0 radical (unpaired) electrons. The summed E-state index contributed by atoms with van der Waals surface area (Å²) in [7, 11) is 1.69. The summed E-state index contributed by atoms with van der Waals surface area (Å²) >= 11 is -2.29. The standard InChI is InChI=1S/C14H16N4O3S/c1-17-7-5-12(14(17)19)18(22(20)21)10-2-3-11-9(8-10)4-6-16-13(11)15/h2-4,6,8,12H,5,7H2,1H3,(H2,15,16)(H,20,21). The van der Waals surface area contributed by atoms with Crippen LogP contribution < -0.4 is 10.0 Å². The molecule has 0 spiro atoms. The molecule has 1 aliphatic heterocycles. The first-order valence-electron chi connectivity index (χ1n) is 6.78. The summed E-state index contributed by atoms with van der Waals surface area (Å²) < 4.78 is 22.7. The zero-order chi connectivity index (χ0) is 15.9. The number of nitrogens with two attached hydrogens (primary N) is 1. The van der Waals surface area contributed by atoms with Gasteiger partial charge in [-0.1, -0.05) is 0 Å². The molecular formula is C14H16N4O3S. The molecule has 8 heteroatoms. The van der Waals surface area contributed by atoms with Gasteiger partial charge in [0.05, 0.1) is 5.69 Å². The number of hydrogen-bond acceptors (Lipinski definition) is 4. The molecule has 2 heterocycles. The molecule has 1 aliphatic rings. The van der Waals surface area contributed by atoms with Gasteiger partial charge in [-0.25, -0.2) is 9.19 Å². The highest BCUT2D eigenvalue weighted by molar-refractivity contribution is 7.80. The van der Waals surface area contributed by atoms with Crippen LogP contribution in [-0.2, 0) is 16.1 Å².